The minimum Gasteiger partial charge on any atom is -0.493 e. The smallest absolute Gasteiger partial charge is 0.317 e. The lowest BCUT2D eigenvalue weighted by atomic mass is 9.85. The van der Waals surface area contributed by atoms with E-state index in [1.807, 2.05) is 11.8 Å². The Kier molecular flexibility index (Phi) is 7.16. The first-order valence-corrected chi connectivity index (χ1v) is 9.06. The molecule has 154 valence electrons. The summed E-state index contributed by atoms with van der Waals surface area (Å²) in [7, 11) is 1.37. The molecule has 1 aromatic carbocycles. The quantitative estimate of drug-likeness (QED) is 0.452. The van der Waals surface area contributed by atoms with Crippen LogP contribution in [-0.4, -0.2) is 65.7 Å². The lowest BCUT2D eigenvalue weighted by Crippen LogP contribution is -2.54. The number of carbonyl (C=O) groups excluding carboxylic acids is 1. The van der Waals surface area contributed by atoms with Gasteiger partial charge < -0.3 is 19.9 Å². The summed E-state index contributed by atoms with van der Waals surface area (Å²) in [5.41, 5.74) is -0.467. The number of hydrogen-bond donors (Lipinski definition) is 2. The largest absolute Gasteiger partial charge is 0.493 e. The number of amides is 1. The number of methoxy groups -OCH3 is 1. The molecule has 2 N–H and O–H groups in total. The van der Waals surface area contributed by atoms with Gasteiger partial charge in [-0.15, -0.1) is 0 Å². The lowest BCUT2D eigenvalue weighted by molar-refractivity contribution is -0.385. The number of likely N-dealkylation sites (N-methyl/N-ethyl adjacent to an activating group) is 1. The highest BCUT2D eigenvalue weighted by atomic mass is 16.6. The third-order valence-corrected chi connectivity index (χ3v) is 4.73. The summed E-state index contributed by atoms with van der Waals surface area (Å²) in [4.78, 5) is 36.1. The van der Waals surface area contributed by atoms with E-state index in [2.05, 4.69) is 5.32 Å². The molecule has 0 atom stereocenters. The molecule has 1 amide bonds. The summed E-state index contributed by atoms with van der Waals surface area (Å²) in [5, 5.41) is 23.1. The van der Waals surface area contributed by atoms with Crippen molar-refractivity contribution in [2.24, 2.45) is 0 Å². The summed E-state index contributed by atoms with van der Waals surface area (Å²) in [5.74, 6) is -1.03. The van der Waals surface area contributed by atoms with Gasteiger partial charge in [0.15, 0.2) is 11.5 Å². The zero-order chi connectivity index (χ0) is 20.8. The Bertz CT molecular complexity index is 747. The normalized spacial score (nSPS) is 18.3. The molecule has 0 radical (unpaired) electrons. The molecule has 0 spiro atoms. The van der Waals surface area contributed by atoms with E-state index in [1.165, 1.54) is 19.2 Å². The Balaban J connectivity index is 2.11. The number of nitrogens with zero attached hydrogens (tertiary/aromatic N) is 2. The van der Waals surface area contributed by atoms with Crippen molar-refractivity contribution in [3.05, 3.63) is 27.8 Å². The minimum absolute atomic E-state index is 0.0521. The van der Waals surface area contributed by atoms with Crippen LogP contribution in [0.4, 0.5) is 5.69 Å². The third kappa shape index (κ3) is 4.89. The Morgan fingerprint density at radius 1 is 1.32 bits per heavy atom. The van der Waals surface area contributed by atoms with E-state index >= 15 is 0 Å². The molecule has 1 aromatic rings. The number of nitrogens with one attached hydrogen (secondary N) is 1. The second-order valence-corrected chi connectivity index (χ2v) is 6.46. The number of hydrogen-bond acceptors (Lipinski definition) is 7. The predicted octanol–water partition coefficient (Wildman–Crippen LogP) is 1.67. The van der Waals surface area contributed by atoms with Crippen molar-refractivity contribution in [1.29, 1.82) is 0 Å². The molecule has 1 saturated carbocycles. The first-order valence-electron chi connectivity index (χ1n) is 9.06. The second-order valence-electron chi connectivity index (χ2n) is 6.46. The first kappa shape index (κ1) is 21.4. The van der Waals surface area contributed by atoms with E-state index in [-0.39, 0.29) is 41.4 Å². The van der Waals surface area contributed by atoms with Crippen LogP contribution in [0, 0.1) is 10.1 Å². The highest BCUT2D eigenvalue weighted by molar-refractivity contribution is 5.99. The zero-order valence-electron chi connectivity index (χ0n) is 16.1. The molecular formula is C18H25N3O7. The van der Waals surface area contributed by atoms with Crippen LogP contribution in [0.5, 0.6) is 11.5 Å². The van der Waals surface area contributed by atoms with E-state index in [0.29, 0.717) is 26.0 Å². The van der Waals surface area contributed by atoms with Crippen LogP contribution < -0.4 is 14.8 Å². The molecular weight excluding hydrogens is 370 g/mol. The van der Waals surface area contributed by atoms with Crippen molar-refractivity contribution < 1.29 is 29.1 Å². The van der Waals surface area contributed by atoms with Crippen molar-refractivity contribution >= 4 is 17.6 Å². The van der Waals surface area contributed by atoms with Gasteiger partial charge in [-0.3, -0.25) is 24.6 Å². The maximum atomic E-state index is 12.6. The molecule has 28 heavy (non-hydrogen) atoms. The SMILES string of the molecule is CCOc1cc(C(=O)NC2CC(N(CC)CC(=O)O)C2)c([N+](=O)[O-])cc1OC. The molecule has 0 bridgehead atoms. The number of carboxylic acid groups (broad SMARTS) is 1. The highest BCUT2D eigenvalue weighted by Gasteiger charge is 2.36. The van der Waals surface area contributed by atoms with Crippen LogP contribution in [0.1, 0.15) is 37.0 Å². The van der Waals surface area contributed by atoms with E-state index < -0.39 is 16.8 Å². The monoisotopic (exact) mass is 395 g/mol. The molecule has 10 nitrogen and oxygen atoms in total. The number of nitro benzene ring substituents is 1. The highest BCUT2D eigenvalue weighted by Crippen LogP contribution is 2.35. The molecule has 0 aliphatic heterocycles. The van der Waals surface area contributed by atoms with E-state index in [9.17, 15) is 19.7 Å². The summed E-state index contributed by atoms with van der Waals surface area (Å²) < 4.78 is 10.5. The first-order chi connectivity index (χ1) is 13.3. The molecule has 0 heterocycles. The fourth-order valence-electron chi connectivity index (χ4n) is 3.25. The third-order valence-electron chi connectivity index (χ3n) is 4.73. The predicted molar refractivity (Wildman–Crippen MR) is 100.0 cm³/mol. The lowest BCUT2D eigenvalue weighted by Gasteiger charge is -2.42. The zero-order valence-corrected chi connectivity index (χ0v) is 16.1. The van der Waals surface area contributed by atoms with Gasteiger partial charge in [0.25, 0.3) is 11.6 Å². The van der Waals surface area contributed by atoms with E-state index in [0.717, 1.165) is 0 Å². The van der Waals surface area contributed by atoms with Crippen LogP contribution in [0.15, 0.2) is 12.1 Å². The second kappa shape index (κ2) is 9.36. The fraction of sp³-hybridized carbons (Fsp3) is 0.556. The Morgan fingerprint density at radius 2 is 2.00 bits per heavy atom. The number of carboxylic acids is 1. The van der Waals surface area contributed by atoms with E-state index in [4.69, 9.17) is 14.6 Å². The van der Waals surface area contributed by atoms with Gasteiger partial charge in [-0.2, -0.15) is 0 Å². The number of rotatable bonds is 10. The van der Waals surface area contributed by atoms with Crippen molar-refractivity contribution in [2.75, 3.05) is 26.8 Å². The van der Waals surface area contributed by atoms with Crippen LogP contribution in [0.2, 0.25) is 0 Å². The summed E-state index contributed by atoms with van der Waals surface area (Å²) in [6.07, 6.45) is 1.18. The van der Waals surface area contributed by atoms with Crippen LogP contribution in [-0.2, 0) is 4.79 Å². The number of nitro groups is 1. The fourth-order valence-corrected chi connectivity index (χ4v) is 3.25. The minimum atomic E-state index is -0.897. The molecule has 0 aromatic heterocycles. The number of ether oxygens (including phenoxy) is 2. The maximum absolute atomic E-state index is 12.6. The molecule has 1 aliphatic carbocycles. The standard InChI is InChI=1S/C18H25N3O7/c1-4-20(10-17(22)23)12-6-11(7-12)19-18(24)13-8-16(28-5-2)15(27-3)9-14(13)21(25)26/h8-9,11-12H,4-7,10H2,1-3H3,(H,19,24)(H,22,23). The van der Waals surface area contributed by atoms with Crippen LogP contribution in [0.3, 0.4) is 0 Å². The average Bonchev–Trinajstić information content (AvgIpc) is 2.62. The van der Waals surface area contributed by atoms with Gasteiger partial charge in [0.1, 0.15) is 5.56 Å². The van der Waals surface area contributed by atoms with Crippen LogP contribution in [0.25, 0.3) is 0 Å². The van der Waals surface area contributed by atoms with Gasteiger partial charge in [0, 0.05) is 18.2 Å². The van der Waals surface area contributed by atoms with Gasteiger partial charge in [0.2, 0.25) is 0 Å². The van der Waals surface area contributed by atoms with Gasteiger partial charge in [-0.25, -0.2) is 0 Å². The van der Waals surface area contributed by atoms with E-state index in [1.54, 1.807) is 6.92 Å². The summed E-state index contributed by atoms with van der Waals surface area (Å²) in [6, 6.07) is 2.39. The molecule has 0 saturated heterocycles. The van der Waals surface area contributed by atoms with Gasteiger partial charge in [0.05, 0.1) is 31.3 Å². The summed E-state index contributed by atoms with van der Waals surface area (Å²) in [6.45, 7) is 4.50. The molecule has 10 heteroatoms. The summed E-state index contributed by atoms with van der Waals surface area (Å²) >= 11 is 0. The van der Waals surface area contributed by atoms with Gasteiger partial charge >= 0.3 is 5.97 Å². The molecule has 1 aliphatic rings. The molecule has 1 fully saturated rings. The van der Waals surface area contributed by atoms with Crippen molar-refractivity contribution in [1.82, 2.24) is 10.2 Å². The maximum Gasteiger partial charge on any atom is 0.317 e. The number of aliphatic carboxylic acids is 1. The molecule has 2 rings (SSSR count). The van der Waals surface area contributed by atoms with Crippen molar-refractivity contribution in [2.45, 2.75) is 38.8 Å². The molecule has 0 unspecified atom stereocenters. The van der Waals surface area contributed by atoms with Crippen molar-refractivity contribution in [3.8, 4) is 11.5 Å². The number of benzene rings is 1. The topological polar surface area (TPSA) is 131 Å². The van der Waals surface area contributed by atoms with Crippen LogP contribution >= 0.6 is 0 Å². The average molecular weight is 395 g/mol. The number of carbonyl (C=O) groups is 2. The van der Waals surface area contributed by atoms with Crippen molar-refractivity contribution in [3.63, 3.8) is 0 Å². The Labute approximate surface area is 162 Å². The van der Waals surface area contributed by atoms with Gasteiger partial charge in [-0.1, -0.05) is 6.92 Å². The van der Waals surface area contributed by atoms with Gasteiger partial charge in [-0.05, 0) is 26.3 Å². The Morgan fingerprint density at radius 3 is 2.50 bits per heavy atom. The Hall–Kier alpha value is -2.88.